The van der Waals surface area contributed by atoms with E-state index in [4.69, 9.17) is 0 Å². The van der Waals surface area contributed by atoms with Crippen LogP contribution < -0.4 is 5.32 Å². The van der Waals surface area contributed by atoms with Crippen LogP contribution in [-0.4, -0.2) is 15.8 Å². The second-order valence-corrected chi connectivity index (χ2v) is 5.59. The van der Waals surface area contributed by atoms with Crippen molar-refractivity contribution in [1.82, 2.24) is 15.1 Å². The van der Waals surface area contributed by atoms with E-state index >= 15 is 0 Å². The summed E-state index contributed by atoms with van der Waals surface area (Å²) in [4.78, 5) is 0. The molecule has 2 aromatic rings. The average Bonchev–Trinajstić information content (AvgIpc) is 3.12. The van der Waals surface area contributed by atoms with Crippen molar-refractivity contribution >= 4 is 0 Å². The molecule has 1 aromatic heterocycles. The van der Waals surface area contributed by atoms with Gasteiger partial charge in [0.1, 0.15) is 0 Å². The van der Waals surface area contributed by atoms with Crippen LogP contribution in [0.4, 0.5) is 0 Å². The molecule has 1 heterocycles. The smallest absolute Gasteiger partial charge is 0.0645 e. The zero-order chi connectivity index (χ0) is 13.1. The predicted octanol–water partition coefficient (Wildman–Crippen LogP) is 3.15. The van der Waals surface area contributed by atoms with E-state index in [-0.39, 0.29) is 0 Å². The fourth-order valence-corrected chi connectivity index (χ4v) is 2.40. The van der Waals surface area contributed by atoms with Gasteiger partial charge >= 0.3 is 0 Å². The van der Waals surface area contributed by atoms with Crippen LogP contribution >= 0.6 is 0 Å². The first-order valence-corrected chi connectivity index (χ1v) is 7.13. The highest BCUT2D eigenvalue weighted by Gasteiger charge is 2.23. The molecular weight excluding hydrogens is 234 g/mol. The number of hydrogen-bond acceptors (Lipinski definition) is 2. The molecule has 3 heteroatoms. The standard InChI is InChI=1S/C16H21N3/c1-13(9-14-7-8-14)17-10-15-11-18-19(12-15)16-5-3-2-4-6-16/h2-6,11-14,17H,7-10H2,1H3. The summed E-state index contributed by atoms with van der Waals surface area (Å²) in [6.45, 7) is 3.18. The summed E-state index contributed by atoms with van der Waals surface area (Å²) >= 11 is 0. The van der Waals surface area contributed by atoms with E-state index in [1.54, 1.807) is 0 Å². The van der Waals surface area contributed by atoms with Gasteiger partial charge in [-0.1, -0.05) is 31.0 Å². The number of aromatic nitrogens is 2. The lowest BCUT2D eigenvalue weighted by atomic mass is 10.1. The molecule has 1 N–H and O–H groups in total. The van der Waals surface area contributed by atoms with Crippen molar-refractivity contribution in [2.24, 2.45) is 5.92 Å². The molecule has 1 fully saturated rings. The Balaban J connectivity index is 1.55. The summed E-state index contributed by atoms with van der Waals surface area (Å²) in [7, 11) is 0. The van der Waals surface area contributed by atoms with E-state index in [1.165, 1.54) is 24.8 Å². The van der Waals surface area contributed by atoms with Crippen molar-refractivity contribution in [1.29, 1.82) is 0 Å². The highest BCUT2D eigenvalue weighted by atomic mass is 15.3. The highest BCUT2D eigenvalue weighted by molar-refractivity contribution is 5.30. The Morgan fingerprint density at radius 2 is 2.11 bits per heavy atom. The molecule has 0 saturated heterocycles. The van der Waals surface area contributed by atoms with Crippen LogP contribution in [0.2, 0.25) is 0 Å². The second-order valence-electron chi connectivity index (χ2n) is 5.59. The van der Waals surface area contributed by atoms with Crippen LogP contribution in [0, 0.1) is 5.92 Å². The van der Waals surface area contributed by atoms with Crippen molar-refractivity contribution in [2.75, 3.05) is 0 Å². The van der Waals surface area contributed by atoms with Crippen LogP contribution in [0.3, 0.4) is 0 Å². The van der Waals surface area contributed by atoms with Crippen molar-refractivity contribution in [3.05, 3.63) is 48.3 Å². The molecule has 0 amide bonds. The molecule has 1 saturated carbocycles. The van der Waals surface area contributed by atoms with Crippen LogP contribution in [0.15, 0.2) is 42.7 Å². The van der Waals surface area contributed by atoms with Crippen LogP contribution in [0.1, 0.15) is 31.7 Å². The third kappa shape index (κ3) is 3.44. The number of nitrogens with one attached hydrogen (secondary N) is 1. The normalized spacial score (nSPS) is 16.5. The van der Waals surface area contributed by atoms with E-state index in [2.05, 4.69) is 35.7 Å². The van der Waals surface area contributed by atoms with Gasteiger partial charge < -0.3 is 5.32 Å². The van der Waals surface area contributed by atoms with Gasteiger partial charge in [-0.2, -0.15) is 5.10 Å². The van der Waals surface area contributed by atoms with Crippen LogP contribution in [-0.2, 0) is 6.54 Å². The van der Waals surface area contributed by atoms with Gasteiger partial charge in [0.25, 0.3) is 0 Å². The van der Waals surface area contributed by atoms with Gasteiger partial charge in [0.05, 0.1) is 11.9 Å². The predicted molar refractivity (Wildman–Crippen MR) is 77.2 cm³/mol. The Bertz CT molecular complexity index is 514. The fraction of sp³-hybridized carbons (Fsp3) is 0.438. The van der Waals surface area contributed by atoms with Gasteiger partial charge in [-0.25, -0.2) is 4.68 Å². The molecule has 1 aliphatic rings. The second kappa shape index (κ2) is 5.57. The first-order valence-electron chi connectivity index (χ1n) is 7.13. The lowest BCUT2D eigenvalue weighted by Gasteiger charge is -2.11. The number of benzene rings is 1. The third-order valence-corrected chi connectivity index (χ3v) is 3.70. The molecule has 0 spiro atoms. The maximum Gasteiger partial charge on any atom is 0.0645 e. The lowest BCUT2D eigenvalue weighted by Crippen LogP contribution is -2.25. The Hall–Kier alpha value is -1.61. The quantitative estimate of drug-likeness (QED) is 0.859. The molecule has 0 bridgehead atoms. The van der Waals surface area contributed by atoms with Crippen LogP contribution in [0.5, 0.6) is 0 Å². The molecule has 3 nitrogen and oxygen atoms in total. The topological polar surface area (TPSA) is 29.9 Å². The summed E-state index contributed by atoms with van der Waals surface area (Å²) in [5, 5.41) is 8.00. The first-order chi connectivity index (χ1) is 9.31. The molecule has 1 aliphatic carbocycles. The Labute approximate surface area is 114 Å². The summed E-state index contributed by atoms with van der Waals surface area (Å²) in [6.07, 6.45) is 8.22. The Kier molecular flexibility index (Phi) is 3.65. The lowest BCUT2D eigenvalue weighted by molar-refractivity contribution is 0.487. The van der Waals surface area contributed by atoms with E-state index in [9.17, 15) is 0 Å². The van der Waals surface area contributed by atoms with Crippen molar-refractivity contribution in [3.63, 3.8) is 0 Å². The SMILES string of the molecule is CC(CC1CC1)NCc1cnn(-c2ccccc2)c1. The minimum Gasteiger partial charge on any atom is -0.310 e. The minimum atomic E-state index is 0.604. The molecule has 0 aliphatic heterocycles. The maximum atomic E-state index is 4.41. The Morgan fingerprint density at radius 3 is 2.84 bits per heavy atom. The summed E-state index contributed by atoms with van der Waals surface area (Å²) in [5.74, 6) is 0.981. The van der Waals surface area contributed by atoms with Crippen molar-refractivity contribution in [2.45, 2.75) is 38.8 Å². The summed E-state index contributed by atoms with van der Waals surface area (Å²) in [6, 6.07) is 10.8. The fourth-order valence-electron chi connectivity index (χ4n) is 2.40. The monoisotopic (exact) mass is 255 g/mol. The van der Waals surface area contributed by atoms with Gasteiger partial charge in [0.15, 0.2) is 0 Å². The minimum absolute atomic E-state index is 0.604. The summed E-state index contributed by atoms with van der Waals surface area (Å²) < 4.78 is 1.93. The number of hydrogen-bond donors (Lipinski definition) is 1. The largest absolute Gasteiger partial charge is 0.310 e. The van der Waals surface area contributed by atoms with Gasteiger partial charge in [-0.3, -0.25) is 0 Å². The van der Waals surface area contributed by atoms with Gasteiger partial charge in [-0.05, 0) is 31.4 Å². The Morgan fingerprint density at radius 1 is 1.32 bits per heavy atom. The molecular formula is C16H21N3. The number of para-hydroxylation sites is 1. The average molecular weight is 255 g/mol. The van der Waals surface area contributed by atoms with E-state index in [0.717, 1.165) is 18.2 Å². The third-order valence-electron chi connectivity index (χ3n) is 3.70. The first kappa shape index (κ1) is 12.4. The zero-order valence-electron chi connectivity index (χ0n) is 11.4. The maximum absolute atomic E-state index is 4.41. The molecule has 1 aromatic carbocycles. The van der Waals surface area contributed by atoms with E-state index in [1.807, 2.05) is 29.1 Å². The summed E-state index contributed by atoms with van der Waals surface area (Å²) in [5.41, 5.74) is 2.35. The highest BCUT2D eigenvalue weighted by Crippen LogP contribution is 2.33. The zero-order valence-corrected chi connectivity index (χ0v) is 11.4. The molecule has 0 radical (unpaired) electrons. The molecule has 1 unspecified atom stereocenters. The van der Waals surface area contributed by atoms with Gasteiger partial charge in [-0.15, -0.1) is 0 Å². The number of rotatable bonds is 6. The van der Waals surface area contributed by atoms with Gasteiger partial charge in [0, 0.05) is 24.3 Å². The van der Waals surface area contributed by atoms with Crippen molar-refractivity contribution in [3.8, 4) is 5.69 Å². The van der Waals surface area contributed by atoms with E-state index in [0.29, 0.717) is 6.04 Å². The number of nitrogens with zero attached hydrogens (tertiary/aromatic N) is 2. The molecule has 1 atom stereocenters. The molecule has 19 heavy (non-hydrogen) atoms. The van der Waals surface area contributed by atoms with Gasteiger partial charge in [0.2, 0.25) is 0 Å². The molecule has 3 rings (SSSR count). The molecule has 100 valence electrons. The van der Waals surface area contributed by atoms with E-state index < -0.39 is 0 Å². The van der Waals surface area contributed by atoms with Crippen LogP contribution in [0.25, 0.3) is 5.69 Å². The van der Waals surface area contributed by atoms with Crippen molar-refractivity contribution < 1.29 is 0 Å².